The van der Waals surface area contributed by atoms with Gasteiger partial charge in [0.2, 0.25) is 10.0 Å². The molecule has 1 unspecified atom stereocenters. The molecule has 0 spiro atoms. The summed E-state index contributed by atoms with van der Waals surface area (Å²) in [6.07, 6.45) is 5.10. The van der Waals surface area contributed by atoms with Gasteiger partial charge >= 0.3 is 0 Å². The molecular formula is C14H25N3O2S. The predicted molar refractivity (Wildman–Crippen MR) is 79.7 cm³/mol. The fourth-order valence-corrected chi connectivity index (χ4v) is 3.66. The first-order chi connectivity index (χ1) is 9.47. The van der Waals surface area contributed by atoms with Crippen molar-refractivity contribution in [1.29, 1.82) is 0 Å². The van der Waals surface area contributed by atoms with Gasteiger partial charge in [-0.3, -0.25) is 0 Å². The fourth-order valence-electron chi connectivity index (χ4n) is 2.45. The average Bonchev–Trinajstić information content (AvgIpc) is 3.18. The Bertz CT molecular complexity index is 547. The van der Waals surface area contributed by atoms with Gasteiger partial charge in [0, 0.05) is 31.5 Å². The molecule has 1 aliphatic rings. The number of nitrogens with two attached hydrogens (primary N) is 1. The second-order valence-electron chi connectivity index (χ2n) is 5.73. The van der Waals surface area contributed by atoms with E-state index in [1.165, 1.54) is 12.8 Å². The molecule has 1 heterocycles. The molecule has 0 aromatic carbocycles. The van der Waals surface area contributed by atoms with Gasteiger partial charge in [-0.1, -0.05) is 13.8 Å². The van der Waals surface area contributed by atoms with Crippen LogP contribution in [0, 0.1) is 11.8 Å². The first kappa shape index (κ1) is 15.5. The minimum Gasteiger partial charge on any atom is -0.349 e. The van der Waals surface area contributed by atoms with Gasteiger partial charge < -0.3 is 10.3 Å². The first-order valence-corrected chi connectivity index (χ1v) is 8.85. The Hall–Kier alpha value is -0.850. The number of aromatic nitrogens is 1. The monoisotopic (exact) mass is 299 g/mol. The summed E-state index contributed by atoms with van der Waals surface area (Å²) in [7, 11) is -3.42. The normalized spacial score (nSPS) is 17.4. The molecule has 1 fully saturated rings. The second kappa shape index (κ2) is 6.28. The molecule has 0 bridgehead atoms. The summed E-state index contributed by atoms with van der Waals surface area (Å²) >= 11 is 0. The molecule has 0 radical (unpaired) electrons. The Balaban J connectivity index is 2.07. The molecule has 0 saturated heterocycles. The van der Waals surface area contributed by atoms with Crippen molar-refractivity contribution in [2.75, 3.05) is 6.54 Å². The highest BCUT2D eigenvalue weighted by atomic mass is 32.2. The Morgan fingerprint density at radius 3 is 2.75 bits per heavy atom. The maximum absolute atomic E-state index is 12.3. The predicted octanol–water partition coefficient (Wildman–Crippen LogP) is 1.68. The van der Waals surface area contributed by atoms with Crippen molar-refractivity contribution < 1.29 is 8.42 Å². The van der Waals surface area contributed by atoms with E-state index in [0.717, 1.165) is 18.7 Å². The molecule has 20 heavy (non-hydrogen) atoms. The summed E-state index contributed by atoms with van der Waals surface area (Å²) in [6, 6.07) is 1.68. The van der Waals surface area contributed by atoms with Gasteiger partial charge in [0.1, 0.15) is 0 Å². The van der Waals surface area contributed by atoms with E-state index in [9.17, 15) is 8.42 Å². The van der Waals surface area contributed by atoms with Crippen molar-refractivity contribution in [3.63, 3.8) is 0 Å². The minimum atomic E-state index is -3.42. The number of hydrogen-bond acceptors (Lipinski definition) is 3. The van der Waals surface area contributed by atoms with E-state index < -0.39 is 10.0 Å². The third-order valence-corrected chi connectivity index (χ3v) is 5.36. The summed E-state index contributed by atoms with van der Waals surface area (Å²) in [4.78, 5) is 0.328. The maximum Gasteiger partial charge on any atom is 0.242 e. The number of hydrogen-bond donors (Lipinski definition) is 2. The minimum absolute atomic E-state index is 0.328. The maximum atomic E-state index is 12.3. The zero-order valence-corrected chi connectivity index (χ0v) is 13.1. The van der Waals surface area contributed by atoms with Gasteiger partial charge in [-0.2, -0.15) is 0 Å². The van der Waals surface area contributed by atoms with Crippen molar-refractivity contribution in [1.82, 2.24) is 9.29 Å². The van der Waals surface area contributed by atoms with Crippen molar-refractivity contribution in [3.8, 4) is 0 Å². The van der Waals surface area contributed by atoms with E-state index in [2.05, 4.69) is 18.6 Å². The van der Waals surface area contributed by atoms with Crippen molar-refractivity contribution in [2.45, 2.75) is 51.1 Å². The lowest BCUT2D eigenvalue weighted by Crippen LogP contribution is -2.29. The second-order valence-corrected chi connectivity index (χ2v) is 7.50. The number of nitrogens with one attached hydrogen (secondary N) is 1. The zero-order chi connectivity index (χ0) is 14.8. The largest absolute Gasteiger partial charge is 0.349 e. The van der Waals surface area contributed by atoms with Gasteiger partial charge in [-0.05, 0) is 37.2 Å². The van der Waals surface area contributed by atoms with E-state index in [4.69, 9.17) is 5.73 Å². The van der Waals surface area contributed by atoms with Crippen LogP contribution in [-0.2, 0) is 23.1 Å². The quantitative estimate of drug-likeness (QED) is 0.766. The van der Waals surface area contributed by atoms with Crippen molar-refractivity contribution in [2.24, 2.45) is 17.6 Å². The summed E-state index contributed by atoms with van der Waals surface area (Å²) in [6.45, 7) is 5.83. The van der Waals surface area contributed by atoms with Crippen LogP contribution in [0.3, 0.4) is 0 Å². The molecule has 1 saturated carbocycles. The molecule has 114 valence electrons. The van der Waals surface area contributed by atoms with E-state index in [0.29, 0.717) is 29.8 Å². The number of nitrogens with zero attached hydrogens (tertiary/aromatic N) is 1. The van der Waals surface area contributed by atoms with Crippen LogP contribution in [0.2, 0.25) is 0 Å². The summed E-state index contributed by atoms with van der Waals surface area (Å²) in [5, 5.41) is 0. The molecule has 3 N–H and O–H groups in total. The van der Waals surface area contributed by atoms with Crippen molar-refractivity contribution in [3.05, 3.63) is 18.0 Å². The Morgan fingerprint density at radius 1 is 1.50 bits per heavy atom. The molecule has 1 aliphatic carbocycles. The summed E-state index contributed by atoms with van der Waals surface area (Å²) < 4.78 is 29.3. The van der Waals surface area contributed by atoms with Gasteiger partial charge in [-0.25, -0.2) is 13.1 Å². The summed E-state index contributed by atoms with van der Waals surface area (Å²) in [5.74, 6) is 1.11. The lowest BCUT2D eigenvalue weighted by atomic mass is 10.1. The molecule has 2 rings (SSSR count). The van der Waals surface area contributed by atoms with Gasteiger partial charge in [0.05, 0.1) is 4.90 Å². The van der Waals surface area contributed by atoms with Crippen LogP contribution in [0.4, 0.5) is 0 Å². The van der Waals surface area contributed by atoms with Gasteiger partial charge in [0.15, 0.2) is 0 Å². The van der Waals surface area contributed by atoms with E-state index in [1.54, 1.807) is 12.3 Å². The topological polar surface area (TPSA) is 77.1 Å². The highest BCUT2D eigenvalue weighted by Gasteiger charge is 2.29. The lowest BCUT2D eigenvalue weighted by Gasteiger charge is -2.11. The van der Waals surface area contributed by atoms with Crippen LogP contribution in [0.15, 0.2) is 17.2 Å². The van der Waals surface area contributed by atoms with E-state index in [1.807, 2.05) is 4.57 Å². The average molecular weight is 299 g/mol. The highest BCUT2D eigenvalue weighted by Crippen LogP contribution is 2.36. The lowest BCUT2D eigenvalue weighted by molar-refractivity contribution is 0.491. The first-order valence-electron chi connectivity index (χ1n) is 7.36. The van der Waals surface area contributed by atoms with E-state index >= 15 is 0 Å². The third-order valence-electron chi connectivity index (χ3n) is 3.97. The Kier molecular flexibility index (Phi) is 4.88. The van der Waals surface area contributed by atoms with Crippen LogP contribution >= 0.6 is 0 Å². The molecule has 0 amide bonds. The molecule has 5 nitrogen and oxygen atoms in total. The van der Waals surface area contributed by atoms with Crippen LogP contribution in [-0.4, -0.2) is 19.5 Å². The number of sulfonamides is 1. The summed E-state index contributed by atoms with van der Waals surface area (Å²) in [5.41, 5.74) is 6.54. The van der Waals surface area contributed by atoms with E-state index in [-0.39, 0.29) is 0 Å². The number of rotatable bonds is 8. The van der Waals surface area contributed by atoms with Gasteiger partial charge in [-0.15, -0.1) is 0 Å². The number of aryl methyl sites for hydroxylation is 1. The standard InChI is InChI=1S/C14H25N3O2S/c1-3-6-17-10-14(7-13(17)8-15)20(18,19)16-9-11(2)12-4-5-12/h7,10-12,16H,3-6,8-9,15H2,1-2H3. The smallest absolute Gasteiger partial charge is 0.242 e. The molecule has 1 aromatic heterocycles. The molecule has 1 aromatic rings. The zero-order valence-electron chi connectivity index (χ0n) is 12.3. The molecule has 1 atom stereocenters. The molecule has 6 heteroatoms. The molecular weight excluding hydrogens is 274 g/mol. The van der Waals surface area contributed by atoms with Crippen LogP contribution in [0.25, 0.3) is 0 Å². The van der Waals surface area contributed by atoms with Crippen LogP contribution < -0.4 is 10.5 Å². The Morgan fingerprint density at radius 2 is 2.20 bits per heavy atom. The van der Waals surface area contributed by atoms with Crippen LogP contribution in [0.5, 0.6) is 0 Å². The Labute approximate surface area is 121 Å². The SMILES string of the molecule is CCCn1cc(S(=O)(=O)NCC(C)C2CC2)cc1CN. The third kappa shape index (κ3) is 3.62. The molecule has 0 aliphatic heterocycles. The van der Waals surface area contributed by atoms with Gasteiger partial charge in [0.25, 0.3) is 0 Å². The fraction of sp³-hybridized carbons (Fsp3) is 0.714. The van der Waals surface area contributed by atoms with Crippen molar-refractivity contribution >= 4 is 10.0 Å². The highest BCUT2D eigenvalue weighted by molar-refractivity contribution is 7.89. The van der Waals surface area contributed by atoms with Crippen LogP contribution in [0.1, 0.15) is 38.8 Å².